The van der Waals surface area contributed by atoms with E-state index < -0.39 is 0 Å². The Morgan fingerprint density at radius 2 is 2.00 bits per heavy atom. The van der Waals surface area contributed by atoms with Gasteiger partial charge in [0.25, 0.3) is 0 Å². The van der Waals surface area contributed by atoms with Crippen molar-refractivity contribution in [3.05, 3.63) is 46.4 Å². The van der Waals surface area contributed by atoms with Crippen LogP contribution in [0.5, 0.6) is 0 Å². The Morgan fingerprint density at radius 1 is 1.28 bits per heavy atom. The van der Waals surface area contributed by atoms with Gasteiger partial charge in [-0.15, -0.1) is 0 Å². The Kier molecular flexibility index (Phi) is 6.16. The Balaban J connectivity index is 2.15. The van der Waals surface area contributed by atoms with Gasteiger partial charge in [-0.1, -0.05) is 43.8 Å². The van der Waals surface area contributed by atoms with Gasteiger partial charge in [-0.3, -0.25) is 4.79 Å². The van der Waals surface area contributed by atoms with Gasteiger partial charge in [0, 0.05) is 5.69 Å². The number of carbonyl (C=O) groups excluding carboxylic acids is 1. The molecule has 0 saturated heterocycles. The Morgan fingerprint density at radius 3 is 2.64 bits per heavy atom. The maximum absolute atomic E-state index is 12.4. The molecular formula is C19H22N4OS. The lowest BCUT2D eigenvalue weighted by atomic mass is 9.98. The predicted octanol–water partition coefficient (Wildman–Crippen LogP) is 4.13. The van der Waals surface area contributed by atoms with Crippen LogP contribution in [-0.2, 0) is 4.79 Å². The van der Waals surface area contributed by atoms with Crippen molar-refractivity contribution in [1.82, 2.24) is 9.97 Å². The van der Waals surface area contributed by atoms with Crippen LogP contribution in [0, 0.1) is 32.1 Å². The summed E-state index contributed by atoms with van der Waals surface area (Å²) in [5.74, 6) is 0.996. The number of benzene rings is 1. The third kappa shape index (κ3) is 4.58. The van der Waals surface area contributed by atoms with E-state index in [1.54, 1.807) is 13.8 Å². The normalized spacial score (nSPS) is 10.6. The van der Waals surface area contributed by atoms with Crippen LogP contribution in [0.25, 0.3) is 0 Å². The quantitative estimate of drug-likeness (QED) is 0.645. The first-order valence-corrected chi connectivity index (χ1v) is 9.09. The molecule has 0 aliphatic rings. The average Bonchev–Trinajstić information content (AvgIpc) is 2.54. The molecule has 1 heterocycles. The summed E-state index contributed by atoms with van der Waals surface area (Å²) >= 11 is 1.26. The zero-order valence-corrected chi connectivity index (χ0v) is 16.0. The van der Waals surface area contributed by atoms with E-state index >= 15 is 0 Å². The molecule has 0 fully saturated rings. The summed E-state index contributed by atoms with van der Waals surface area (Å²) in [6, 6.07) is 8.14. The molecule has 0 spiro atoms. The summed E-state index contributed by atoms with van der Waals surface area (Å²) in [7, 11) is 0. The molecule has 0 saturated carbocycles. The third-order valence-electron chi connectivity index (χ3n) is 3.81. The highest BCUT2D eigenvalue weighted by Crippen LogP contribution is 2.28. The topological polar surface area (TPSA) is 78.7 Å². The fourth-order valence-electron chi connectivity index (χ4n) is 2.57. The van der Waals surface area contributed by atoms with Crippen molar-refractivity contribution in [1.29, 1.82) is 5.26 Å². The number of para-hydroxylation sites is 1. The van der Waals surface area contributed by atoms with Crippen molar-refractivity contribution in [3.63, 3.8) is 0 Å². The van der Waals surface area contributed by atoms with Gasteiger partial charge in [0.1, 0.15) is 22.5 Å². The van der Waals surface area contributed by atoms with Crippen LogP contribution < -0.4 is 5.32 Å². The van der Waals surface area contributed by atoms with Gasteiger partial charge in [0.15, 0.2) is 0 Å². The number of carbonyl (C=O) groups is 1. The first kappa shape index (κ1) is 18.9. The van der Waals surface area contributed by atoms with E-state index in [1.165, 1.54) is 11.8 Å². The van der Waals surface area contributed by atoms with Gasteiger partial charge < -0.3 is 5.32 Å². The smallest absolute Gasteiger partial charge is 0.234 e. The van der Waals surface area contributed by atoms with Crippen molar-refractivity contribution in [2.75, 3.05) is 11.1 Å². The van der Waals surface area contributed by atoms with Crippen LogP contribution in [-0.4, -0.2) is 21.6 Å². The van der Waals surface area contributed by atoms with Crippen molar-refractivity contribution < 1.29 is 4.79 Å². The SMILES string of the molecule is Cc1nc(C)c(C#N)c(SCC(=O)Nc2c(C)cccc2C(C)C)n1. The standard InChI is InChI=1S/C19H22N4OS/c1-11(2)15-8-6-7-12(3)18(15)23-17(24)10-25-19-16(9-20)13(4)21-14(5)22-19/h6-8,11H,10H2,1-5H3,(H,23,24). The maximum Gasteiger partial charge on any atom is 0.234 e. The number of hydrogen-bond donors (Lipinski definition) is 1. The second-order valence-corrected chi connectivity index (χ2v) is 7.14. The number of aromatic nitrogens is 2. The summed E-state index contributed by atoms with van der Waals surface area (Å²) in [6.45, 7) is 9.75. The van der Waals surface area contributed by atoms with Gasteiger partial charge in [-0.2, -0.15) is 5.26 Å². The highest BCUT2D eigenvalue weighted by Gasteiger charge is 2.15. The molecule has 0 bridgehead atoms. The number of hydrogen-bond acceptors (Lipinski definition) is 5. The van der Waals surface area contributed by atoms with Crippen LogP contribution >= 0.6 is 11.8 Å². The monoisotopic (exact) mass is 354 g/mol. The van der Waals surface area contributed by atoms with Crippen LogP contribution in [0.1, 0.15) is 48.0 Å². The number of nitrogens with zero attached hydrogens (tertiary/aromatic N) is 3. The summed E-state index contributed by atoms with van der Waals surface area (Å²) in [4.78, 5) is 20.9. The zero-order chi connectivity index (χ0) is 18.6. The molecular weight excluding hydrogens is 332 g/mol. The van der Waals surface area contributed by atoms with Crippen molar-refractivity contribution in [2.45, 2.75) is 45.6 Å². The third-order valence-corrected chi connectivity index (χ3v) is 4.79. The average molecular weight is 354 g/mol. The van der Waals surface area contributed by atoms with Gasteiger partial charge in [0.2, 0.25) is 5.91 Å². The van der Waals surface area contributed by atoms with E-state index in [9.17, 15) is 10.1 Å². The lowest BCUT2D eigenvalue weighted by Gasteiger charge is -2.16. The molecule has 1 aromatic carbocycles. The minimum absolute atomic E-state index is 0.112. The van der Waals surface area contributed by atoms with Crippen molar-refractivity contribution in [2.24, 2.45) is 0 Å². The minimum Gasteiger partial charge on any atom is -0.325 e. The van der Waals surface area contributed by atoms with Gasteiger partial charge >= 0.3 is 0 Å². The highest BCUT2D eigenvalue weighted by atomic mass is 32.2. The number of amides is 1. The number of aryl methyl sites for hydroxylation is 3. The second kappa shape index (κ2) is 8.13. The second-order valence-electron chi connectivity index (χ2n) is 6.18. The molecule has 25 heavy (non-hydrogen) atoms. The number of anilines is 1. The Labute approximate surface area is 152 Å². The fraction of sp³-hybridized carbons (Fsp3) is 0.368. The maximum atomic E-state index is 12.4. The number of nitriles is 1. The highest BCUT2D eigenvalue weighted by molar-refractivity contribution is 8.00. The minimum atomic E-state index is -0.112. The molecule has 0 aliphatic carbocycles. The first-order chi connectivity index (χ1) is 11.8. The molecule has 5 nitrogen and oxygen atoms in total. The summed E-state index contributed by atoms with van der Waals surface area (Å²) in [5, 5.41) is 12.8. The predicted molar refractivity (Wildman–Crippen MR) is 101 cm³/mol. The molecule has 0 aliphatic heterocycles. The number of thioether (sulfide) groups is 1. The molecule has 1 N–H and O–H groups in total. The van der Waals surface area contributed by atoms with Crippen LogP contribution in [0.15, 0.2) is 23.2 Å². The molecule has 0 atom stereocenters. The Hall–Kier alpha value is -2.39. The first-order valence-electron chi connectivity index (χ1n) is 8.11. The summed E-state index contributed by atoms with van der Waals surface area (Å²) in [6.07, 6.45) is 0. The van der Waals surface area contributed by atoms with E-state index in [1.807, 2.05) is 25.1 Å². The molecule has 6 heteroatoms. The largest absolute Gasteiger partial charge is 0.325 e. The zero-order valence-electron chi connectivity index (χ0n) is 15.2. The van der Waals surface area contributed by atoms with Gasteiger partial charge in [-0.05, 0) is 37.8 Å². The molecule has 2 aromatic rings. The molecule has 2 rings (SSSR count). The molecule has 1 amide bonds. The number of nitrogens with one attached hydrogen (secondary N) is 1. The van der Waals surface area contributed by atoms with Crippen molar-refractivity contribution >= 4 is 23.4 Å². The molecule has 0 unspecified atom stereocenters. The van der Waals surface area contributed by atoms with Gasteiger partial charge in [-0.25, -0.2) is 9.97 Å². The summed E-state index contributed by atoms with van der Waals surface area (Å²) in [5.41, 5.74) is 4.10. The van der Waals surface area contributed by atoms with E-state index in [0.717, 1.165) is 16.8 Å². The number of rotatable bonds is 5. The van der Waals surface area contributed by atoms with E-state index in [-0.39, 0.29) is 11.7 Å². The molecule has 0 radical (unpaired) electrons. The van der Waals surface area contributed by atoms with E-state index in [4.69, 9.17) is 0 Å². The van der Waals surface area contributed by atoms with E-state index in [2.05, 4.69) is 35.2 Å². The van der Waals surface area contributed by atoms with Crippen molar-refractivity contribution in [3.8, 4) is 6.07 Å². The summed E-state index contributed by atoms with van der Waals surface area (Å²) < 4.78 is 0. The van der Waals surface area contributed by atoms with E-state index in [0.29, 0.717) is 28.0 Å². The van der Waals surface area contributed by atoms with Gasteiger partial charge in [0.05, 0.1) is 11.4 Å². The van der Waals surface area contributed by atoms with Crippen LogP contribution in [0.4, 0.5) is 5.69 Å². The lowest BCUT2D eigenvalue weighted by molar-refractivity contribution is -0.113. The van der Waals surface area contributed by atoms with Crippen LogP contribution in [0.2, 0.25) is 0 Å². The molecule has 1 aromatic heterocycles. The Bertz CT molecular complexity index is 840. The molecule has 130 valence electrons. The fourth-order valence-corrected chi connectivity index (χ4v) is 3.44. The lowest BCUT2D eigenvalue weighted by Crippen LogP contribution is -2.17. The van der Waals surface area contributed by atoms with Crippen LogP contribution in [0.3, 0.4) is 0 Å².